The van der Waals surface area contributed by atoms with Gasteiger partial charge in [0, 0.05) is 5.56 Å². The van der Waals surface area contributed by atoms with E-state index < -0.39 is 24.9 Å². The zero-order valence-corrected chi connectivity index (χ0v) is 13.7. The van der Waals surface area contributed by atoms with Gasteiger partial charge in [-0.15, -0.1) is 12.4 Å². The van der Waals surface area contributed by atoms with Gasteiger partial charge in [-0.05, 0) is 13.0 Å². The van der Waals surface area contributed by atoms with Gasteiger partial charge in [0.2, 0.25) is 0 Å². The van der Waals surface area contributed by atoms with Gasteiger partial charge in [0.1, 0.15) is 17.0 Å². The van der Waals surface area contributed by atoms with Gasteiger partial charge in [0.15, 0.2) is 0 Å². The molecule has 0 aliphatic heterocycles. The van der Waals surface area contributed by atoms with Crippen LogP contribution in [-0.4, -0.2) is 30.1 Å². The predicted octanol–water partition coefficient (Wildman–Crippen LogP) is 3.05. The van der Waals surface area contributed by atoms with Crippen LogP contribution in [0.1, 0.15) is 16.1 Å². The van der Waals surface area contributed by atoms with Crippen LogP contribution in [-0.2, 0) is 0 Å². The Morgan fingerprint density at radius 3 is 2.70 bits per heavy atom. The van der Waals surface area contributed by atoms with Crippen LogP contribution in [0, 0.1) is 6.92 Å². The number of carbonyl (C=O) groups is 1. The molecule has 23 heavy (non-hydrogen) atoms. The van der Waals surface area contributed by atoms with Crippen molar-refractivity contribution >= 4 is 29.9 Å². The fraction of sp³-hybridized carbons (Fsp3) is 0.286. The number of rotatable bonds is 5. The van der Waals surface area contributed by atoms with Crippen molar-refractivity contribution in [3.63, 3.8) is 0 Å². The molecule has 0 fully saturated rings. The maximum Gasteiger partial charge on any atom is 0.277 e. The summed E-state index contributed by atoms with van der Waals surface area (Å²) in [5.74, 6) is -3.68. The van der Waals surface area contributed by atoms with Gasteiger partial charge in [0.05, 0.1) is 18.1 Å². The monoisotopic (exact) mass is 365 g/mol. The van der Waals surface area contributed by atoms with E-state index in [1.54, 1.807) is 24.3 Å². The molecule has 2 rings (SSSR count). The lowest BCUT2D eigenvalue weighted by Crippen LogP contribution is -2.41. The minimum Gasteiger partial charge on any atom is -0.360 e. The molecule has 0 aliphatic carbocycles. The number of halogens is 4. The molecule has 0 radical (unpaired) electrons. The second kappa shape index (κ2) is 7.72. The lowest BCUT2D eigenvalue weighted by atomic mass is 10.1. The molecule has 0 bridgehead atoms. The topological polar surface area (TPSA) is 81.2 Å². The number of aryl methyl sites for hydroxylation is 1. The van der Waals surface area contributed by atoms with Crippen molar-refractivity contribution in [3.8, 4) is 11.3 Å². The van der Waals surface area contributed by atoms with E-state index >= 15 is 0 Å². The number of aromatic nitrogens is 1. The van der Waals surface area contributed by atoms with Crippen LogP contribution >= 0.6 is 24.0 Å². The number of carbonyl (C=O) groups excluding carboxylic acids is 1. The van der Waals surface area contributed by atoms with E-state index in [-0.39, 0.29) is 29.4 Å². The second-order valence-corrected chi connectivity index (χ2v) is 5.09. The Balaban J connectivity index is 0.00000264. The molecule has 1 aromatic carbocycles. The molecular weight excluding hydrogens is 351 g/mol. The largest absolute Gasteiger partial charge is 0.360 e. The maximum atomic E-state index is 13.1. The smallest absolute Gasteiger partial charge is 0.277 e. The van der Waals surface area contributed by atoms with E-state index in [0.29, 0.717) is 10.6 Å². The highest BCUT2D eigenvalue weighted by Gasteiger charge is 2.29. The maximum absolute atomic E-state index is 13.1. The van der Waals surface area contributed by atoms with Gasteiger partial charge < -0.3 is 15.6 Å². The van der Waals surface area contributed by atoms with Crippen LogP contribution in [0.2, 0.25) is 5.02 Å². The van der Waals surface area contributed by atoms with Crippen molar-refractivity contribution in [1.82, 2.24) is 10.5 Å². The number of nitrogens with one attached hydrogen (secondary N) is 1. The molecule has 1 heterocycles. The number of alkyl halides is 2. The summed E-state index contributed by atoms with van der Waals surface area (Å²) in [6.45, 7) is -0.203. The summed E-state index contributed by atoms with van der Waals surface area (Å²) in [4.78, 5) is 12.2. The van der Waals surface area contributed by atoms with Gasteiger partial charge in [-0.2, -0.15) is 0 Å². The molecule has 0 atom stereocenters. The van der Waals surface area contributed by atoms with Crippen molar-refractivity contribution in [2.45, 2.75) is 12.8 Å². The van der Waals surface area contributed by atoms with Gasteiger partial charge in [-0.25, -0.2) is 8.78 Å². The molecule has 0 spiro atoms. The van der Waals surface area contributed by atoms with Gasteiger partial charge in [-0.1, -0.05) is 35.0 Å². The molecule has 1 amide bonds. The average Bonchev–Trinajstić information content (AvgIpc) is 2.87. The molecule has 0 saturated carbocycles. The fourth-order valence-corrected chi connectivity index (χ4v) is 2.07. The highest BCUT2D eigenvalue weighted by Crippen LogP contribution is 2.30. The van der Waals surface area contributed by atoms with Crippen molar-refractivity contribution < 1.29 is 18.1 Å². The Labute approximate surface area is 142 Å². The minimum atomic E-state index is -3.18. The molecule has 1 aromatic heterocycles. The molecule has 126 valence electrons. The molecule has 9 heteroatoms. The average molecular weight is 366 g/mol. The SMILES string of the molecule is Cc1onc(-c2ccccc2Cl)c1C(=O)NCC(F)(F)CN.Cl. The van der Waals surface area contributed by atoms with E-state index in [4.69, 9.17) is 21.9 Å². The Morgan fingerprint density at radius 2 is 2.09 bits per heavy atom. The van der Waals surface area contributed by atoms with Gasteiger partial charge in [0.25, 0.3) is 11.8 Å². The van der Waals surface area contributed by atoms with E-state index in [2.05, 4.69) is 10.5 Å². The Kier molecular flexibility index (Phi) is 6.49. The van der Waals surface area contributed by atoms with Crippen molar-refractivity contribution in [2.24, 2.45) is 5.73 Å². The predicted molar refractivity (Wildman–Crippen MR) is 85.3 cm³/mol. The van der Waals surface area contributed by atoms with Crippen molar-refractivity contribution in [3.05, 3.63) is 40.6 Å². The molecular formula is C14H15Cl2F2N3O2. The summed E-state index contributed by atoms with van der Waals surface area (Å²) >= 11 is 6.07. The summed E-state index contributed by atoms with van der Waals surface area (Å²) < 4.78 is 31.3. The summed E-state index contributed by atoms with van der Waals surface area (Å²) in [6, 6.07) is 6.73. The Hall–Kier alpha value is -1.70. The first kappa shape index (κ1) is 19.3. The van der Waals surface area contributed by atoms with Crippen LogP contribution in [0.15, 0.2) is 28.8 Å². The summed E-state index contributed by atoms with van der Waals surface area (Å²) in [5.41, 5.74) is 5.69. The third-order valence-electron chi connectivity index (χ3n) is 3.02. The number of hydrogen-bond acceptors (Lipinski definition) is 4. The lowest BCUT2D eigenvalue weighted by Gasteiger charge is -2.14. The van der Waals surface area contributed by atoms with E-state index in [9.17, 15) is 13.6 Å². The first-order valence-corrected chi connectivity index (χ1v) is 6.81. The highest BCUT2D eigenvalue weighted by molar-refractivity contribution is 6.33. The molecule has 2 aromatic rings. The number of nitrogens with zero attached hydrogens (tertiary/aromatic N) is 1. The summed E-state index contributed by atoms with van der Waals surface area (Å²) in [7, 11) is 0. The van der Waals surface area contributed by atoms with Crippen molar-refractivity contribution in [2.75, 3.05) is 13.1 Å². The van der Waals surface area contributed by atoms with Crippen LogP contribution in [0.4, 0.5) is 8.78 Å². The Bertz CT molecular complexity index is 692. The minimum absolute atomic E-state index is 0. The molecule has 0 unspecified atom stereocenters. The standard InChI is InChI=1S/C14H14ClF2N3O2.ClH/c1-8-11(13(21)19-7-14(16,17)6-18)12(20-22-8)9-4-2-3-5-10(9)15;/h2-5H,6-7,18H2,1H3,(H,19,21);1H. The van der Waals surface area contributed by atoms with Crippen LogP contribution in [0.3, 0.4) is 0 Å². The fourth-order valence-electron chi connectivity index (χ4n) is 1.85. The third-order valence-corrected chi connectivity index (χ3v) is 3.35. The zero-order valence-electron chi connectivity index (χ0n) is 12.1. The molecule has 3 N–H and O–H groups in total. The van der Waals surface area contributed by atoms with Crippen LogP contribution in [0.25, 0.3) is 11.3 Å². The first-order chi connectivity index (χ1) is 10.4. The van der Waals surface area contributed by atoms with Crippen LogP contribution in [0.5, 0.6) is 0 Å². The summed E-state index contributed by atoms with van der Waals surface area (Å²) in [5, 5.41) is 6.31. The molecule has 0 saturated heterocycles. The number of nitrogens with two attached hydrogens (primary N) is 1. The Morgan fingerprint density at radius 1 is 1.43 bits per heavy atom. The number of amides is 1. The first-order valence-electron chi connectivity index (χ1n) is 6.43. The third kappa shape index (κ3) is 4.40. The van der Waals surface area contributed by atoms with E-state index in [0.717, 1.165) is 0 Å². The zero-order chi connectivity index (χ0) is 16.3. The molecule has 5 nitrogen and oxygen atoms in total. The van der Waals surface area contributed by atoms with Gasteiger partial charge >= 0.3 is 0 Å². The van der Waals surface area contributed by atoms with Gasteiger partial charge in [-0.3, -0.25) is 4.79 Å². The number of hydrogen-bond donors (Lipinski definition) is 2. The van der Waals surface area contributed by atoms with Crippen molar-refractivity contribution in [1.29, 1.82) is 0 Å². The lowest BCUT2D eigenvalue weighted by molar-refractivity contribution is 0.0118. The van der Waals surface area contributed by atoms with E-state index in [1.165, 1.54) is 6.92 Å². The number of benzene rings is 1. The molecule has 0 aliphatic rings. The summed E-state index contributed by atoms with van der Waals surface area (Å²) in [6.07, 6.45) is 0. The van der Waals surface area contributed by atoms with E-state index in [1.807, 2.05) is 0 Å². The quantitative estimate of drug-likeness (QED) is 0.852. The highest BCUT2D eigenvalue weighted by atomic mass is 35.5. The second-order valence-electron chi connectivity index (χ2n) is 4.68. The normalized spacial score (nSPS) is 11.0. The van der Waals surface area contributed by atoms with Crippen LogP contribution < -0.4 is 11.1 Å².